The second kappa shape index (κ2) is 25.9. The number of carbonyl (C=O) groups excluding carboxylic acids is 2. The molecule has 246 valence electrons. The highest BCUT2D eigenvalue weighted by molar-refractivity contribution is 5.74. The molecule has 0 aromatic heterocycles. The lowest BCUT2D eigenvalue weighted by Gasteiger charge is -2.35. The number of amides is 3. The van der Waals surface area contributed by atoms with Crippen LogP contribution in [0, 0.1) is 0 Å². The maximum absolute atomic E-state index is 12.9. The van der Waals surface area contributed by atoms with Crippen LogP contribution in [0.25, 0.3) is 0 Å². The molecule has 8 heteroatoms. The minimum absolute atomic E-state index is 0.0493. The van der Waals surface area contributed by atoms with Gasteiger partial charge in [0.05, 0.1) is 19.8 Å². The summed E-state index contributed by atoms with van der Waals surface area (Å²) in [6.45, 7) is 9.30. The van der Waals surface area contributed by atoms with Crippen LogP contribution in [-0.4, -0.2) is 87.1 Å². The number of rotatable bonds is 24. The Morgan fingerprint density at radius 3 is 1.90 bits per heavy atom. The van der Waals surface area contributed by atoms with Gasteiger partial charge in [0, 0.05) is 45.2 Å². The summed E-state index contributed by atoms with van der Waals surface area (Å²) >= 11 is 0. The quantitative estimate of drug-likeness (QED) is 0.112. The van der Waals surface area contributed by atoms with Crippen molar-refractivity contribution in [3.8, 4) is 0 Å². The van der Waals surface area contributed by atoms with E-state index in [2.05, 4.69) is 22.5 Å². The van der Waals surface area contributed by atoms with E-state index in [0.717, 1.165) is 78.0 Å². The van der Waals surface area contributed by atoms with Crippen molar-refractivity contribution in [2.75, 3.05) is 59.1 Å². The van der Waals surface area contributed by atoms with Gasteiger partial charge in [0.1, 0.15) is 0 Å². The lowest BCUT2D eigenvalue weighted by atomic mass is 10.00. The van der Waals surface area contributed by atoms with E-state index in [1.807, 2.05) is 4.90 Å². The van der Waals surface area contributed by atoms with Gasteiger partial charge in [-0.05, 0) is 38.6 Å². The Kier molecular flexibility index (Phi) is 22.6. The predicted octanol–water partition coefficient (Wildman–Crippen LogP) is 7.65. The topological polar surface area (TPSA) is 83.1 Å². The molecular formula is C34H66N4O4. The number of carbonyl (C=O) groups is 2. The van der Waals surface area contributed by atoms with Crippen molar-refractivity contribution in [3.05, 3.63) is 0 Å². The minimum atomic E-state index is -0.354. The third-order valence-electron chi connectivity index (χ3n) is 8.90. The number of unbranched alkanes of at least 4 members (excludes halogenated alkanes) is 15. The Hall–Kier alpha value is -1.54. The highest BCUT2D eigenvalue weighted by atomic mass is 16.5. The summed E-state index contributed by atoms with van der Waals surface area (Å²) in [7, 11) is 0. The number of urea groups is 1. The Morgan fingerprint density at radius 2 is 1.29 bits per heavy atom. The van der Waals surface area contributed by atoms with E-state index in [9.17, 15) is 9.59 Å². The maximum atomic E-state index is 12.9. The molecule has 2 aliphatic heterocycles. The third kappa shape index (κ3) is 18.9. The van der Waals surface area contributed by atoms with Crippen LogP contribution in [0.4, 0.5) is 9.59 Å². The first-order valence-electron chi connectivity index (χ1n) is 18.0. The molecule has 0 aromatic carbocycles. The molecule has 0 radical (unpaired) electrons. The lowest BCUT2D eigenvalue weighted by molar-refractivity contribution is 0.0373. The van der Waals surface area contributed by atoms with Gasteiger partial charge in [0.15, 0.2) is 0 Å². The van der Waals surface area contributed by atoms with Gasteiger partial charge >= 0.3 is 12.1 Å². The van der Waals surface area contributed by atoms with Crippen molar-refractivity contribution in [3.63, 3.8) is 0 Å². The van der Waals surface area contributed by atoms with E-state index in [1.54, 1.807) is 0 Å². The molecule has 1 unspecified atom stereocenters. The number of morpholine rings is 1. The molecule has 2 saturated heterocycles. The number of hydrogen-bond acceptors (Lipinski definition) is 5. The largest absolute Gasteiger partial charge is 0.449 e. The van der Waals surface area contributed by atoms with Gasteiger partial charge in [-0.15, -0.1) is 0 Å². The van der Waals surface area contributed by atoms with E-state index < -0.39 is 0 Å². The fourth-order valence-electron chi connectivity index (χ4n) is 6.19. The van der Waals surface area contributed by atoms with Gasteiger partial charge in [0.2, 0.25) is 0 Å². The van der Waals surface area contributed by atoms with Gasteiger partial charge < -0.3 is 25.0 Å². The second-order valence-electron chi connectivity index (χ2n) is 12.5. The summed E-state index contributed by atoms with van der Waals surface area (Å²) in [5.41, 5.74) is 0. The lowest BCUT2D eigenvalue weighted by Crippen LogP contribution is -2.49. The van der Waals surface area contributed by atoms with Crippen molar-refractivity contribution in [1.29, 1.82) is 0 Å². The molecule has 3 amide bonds. The average molecular weight is 595 g/mol. The number of nitrogens with one attached hydrogen (secondary N) is 2. The number of ether oxygens (including phenoxy) is 2. The van der Waals surface area contributed by atoms with Crippen LogP contribution >= 0.6 is 0 Å². The van der Waals surface area contributed by atoms with Gasteiger partial charge in [-0.3, -0.25) is 4.90 Å². The van der Waals surface area contributed by atoms with Crippen LogP contribution in [0.2, 0.25) is 0 Å². The Balaban J connectivity index is 1.39. The van der Waals surface area contributed by atoms with Crippen LogP contribution in [0.15, 0.2) is 0 Å². The van der Waals surface area contributed by atoms with Crippen LogP contribution in [0.5, 0.6) is 0 Å². The maximum Gasteiger partial charge on any atom is 0.407 e. The zero-order chi connectivity index (χ0) is 29.9. The predicted molar refractivity (Wildman–Crippen MR) is 173 cm³/mol. The number of likely N-dealkylation sites (tertiary alicyclic amines) is 1. The molecule has 0 aromatic rings. The second-order valence-corrected chi connectivity index (χ2v) is 12.5. The zero-order valence-electron chi connectivity index (χ0n) is 27.3. The van der Waals surface area contributed by atoms with Gasteiger partial charge in [0.25, 0.3) is 0 Å². The summed E-state index contributed by atoms with van der Waals surface area (Å²) in [6, 6.07) is 0.201. The molecule has 1 atom stereocenters. The molecule has 0 aliphatic carbocycles. The number of hydrogen-bond donors (Lipinski definition) is 2. The standard InChI is InChI=1S/C34H66N4O4/c1-2-3-4-5-6-7-8-9-10-11-12-13-14-15-16-18-23-35-33(39)38-26-19-17-21-32(38)22-29-42-34(40)36-24-20-25-37-27-30-41-31-28-37/h32H,2-31H2,1H3,(H,35,39)(H,36,40). The molecule has 42 heavy (non-hydrogen) atoms. The van der Waals surface area contributed by atoms with Crippen molar-refractivity contribution < 1.29 is 19.1 Å². The molecular weight excluding hydrogens is 528 g/mol. The summed E-state index contributed by atoms with van der Waals surface area (Å²) in [5, 5.41) is 6.00. The molecule has 2 heterocycles. The third-order valence-corrected chi connectivity index (χ3v) is 8.90. The molecule has 0 saturated carbocycles. The normalized spacial score (nSPS) is 17.7. The summed E-state index contributed by atoms with van der Waals surface area (Å²) < 4.78 is 10.8. The fraction of sp³-hybridized carbons (Fsp3) is 0.941. The van der Waals surface area contributed by atoms with Crippen LogP contribution < -0.4 is 10.6 Å². The van der Waals surface area contributed by atoms with E-state index in [1.165, 1.54) is 96.3 Å². The fourth-order valence-corrected chi connectivity index (χ4v) is 6.19. The SMILES string of the molecule is CCCCCCCCCCCCCCCCCCNC(=O)N1CCCCC1CCOC(=O)NCCCN1CCOCC1. The monoisotopic (exact) mass is 595 g/mol. The molecule has 0 bridgehead atoms. The zero-order valence-corrected chi connectivity index (χ0v) is 27.3. The smallest absolute Gasteiger partial charge is 0.407 e. The van der Waals surface area contributed by atoms with E-state index in [0.29, 0.717) is 19.6 Å². The van der Waals surface area contributed by atoms with E-state index >= 15 is 0 Å². The Morgan fingerprint density at radius 1 is 0.714 bits per heavy atom. The molecule has 8 nitrogen and oxygen atoms in total. The number of nitrogens with zero attached hydrogens (tertiary/aromatic N) is 2. The summed E-state index contributed by atoms with van der Waals surface area (Å²) in [4.78, 5) is 29.3. The van der Waals surface area contributed by atoms with Crippen LogP contribution in [0.1, 0.15) is 142 Å². The minimum Gasteiger partial charge on any atom is -0.449 e. The molecule has 0 spiro atoms. The molecule has 2 aliphatic rings. The van der Waals surface area contributed by atoms with Crippen LogP contribution in [-0.2, 0) is 9.47 Å². The molecule has 2 rings (SSSR count). The number of piperidine rings is 1. The van der Waals surface area contributed by atoms with Crippen molar-refractivity contribution >= 4 is 12.1 Å². The van der Waals surface area contributed by atoms with Gasteiger partial charge in [-0.25, -0.2) is 9.59 Å². The average Bonchev–Trinajstić information content (AvgIpc) is 3.01. The highest BCUT2D eigenvalue weighted by Crippen LogP contribution is 2.20. The number of alkyl carbamates (subject to hydrolysis) is 1. The van der Waals surface area contributed by atoms with Crippen molar-refractivity contribution in [1.82, 2.24) is 20.4 Å². The van der Waals surface area contributed by atoms with Gasteiger partial charge in [-0.2, -0.15) is 0 Å². The summed E-state index contributed by atoms with van der Waals surface area (Å²) in [6.07, 6.45) is 26.1. The molecule has 2 N–H and O–H groups in total. The Bertz CT molecular complexity index is 659. The first kappa shape index (κ1) is 36.7. The highest BCUT2D eigenvalue weighted by Gasteiger charge is 2.26. The first-order valence-corrected chi connectivity index (χ1v) is 18.0. The van der Waals surface area contributed by atoms with Crippen molar-refractivity contribution in [2.24, 2.45) is 0 Å². The van der Waals surface area contributed by atoms with E-state index in [4.69, 9.17) is 9.47 Å². The van der Waals surface area contributed by atoms with Crippen molar-refractivity contribution in [2.45, 2.75) is 148 Å². The first-order chi connectivity index (χ1) is 20.7. The summed E-state index contributed by atoms with van der Waals surface area (Å²) in [5.74, 6) is 0. The van der Waals surface area contributed by atoms with Crippen LogP contribution in [0.3, 0.4) is 0 Å². The van der Waals surface area contributed by atoms with Gasteiger partial charge in [-0.1, -0.05) is 103 Å². The Labute approximate surface area is 258 Å². The molecule has 2 fully saturated rings. The van der Waals surface area contributed by atoms with E-state index in [-0.39, 0.29) is 18.2 Å².